The van der Waals surface area contributed by atoms with Gasteiger partial charge in [-0.05, 0) is 42.8 Å². The monoisotopic (exact) mass is 280 g/mol. The van der Waals surface area contributed by atoms with Crippen molar-refractivity contribution in [3.8, 4) is 0 Å². The van der Waals surface area contributed by atoms with E-state index in [9.17, 15) is 0 Å². The molecule has 0 radical (unpaired) electrons. The predicted molar refractivity (Wildman–Crippen MR) is 87.4 cm³/mol. The molecule has 0 saturated heterocycles. The fourth-order valence-corrected chi connectivity index (χ4v) is 2.51. The van der Waals surface area contributed by atoms with Crippen LogP contribution in [0.15, 0.2) is 54.9 Å². The van der Waals surface area contributed by atoms with Crippen molar-refractivity contribution in [2.45, 2.75) is 19.9 Å². The summed E-state index contributed by atoms with van der Waals surface area (Å²) in [5.41, 5.74) is 9.81. The summed E-state index contributed by atoms with van der Waals surface area (Å²) in [5.74, 6) is 0. The molecule has 3 aromatic rings. The van der Waals surface area contributed by atoms with Gasteiger partial charge in [0, 0.05) is 30.3 Å². The second-order valence-electron chi connectivity index (χ2n) is 5.21. The van der Waals surface area contributed by atoms with E-state index in [1.54, 1.807) is 0 Å². The van der Waals surface area contributed by atoms with Gasteiger partial charge in [-0.2, -0.15) is 0 Å². The number of rotatable bonds is 5. The van der Waals surface area contributed by atoms with E-state index in [1.165, 1.54) is 5.69 Å². The van der Waals surface area contributed by atoms with E-state index < -0.39 is 0 Å². The summed E-state index contributed by atoms with van der Waals surface area (Å²) in [7, 11) is 0. The van der Waals surface area contributed by atoms with E-state index in [1.807, 2.05) is 36.5 Å². The van der Waals surface area contributed by atoms with Crippen LogP contribution < -0.4 is 10.6 Å². The van der Waals surface area contributed by atoms with Crippen molar-refractivity contribution in [2.24, 2.45) is 0 Å². The SMILES string of the molecule is CCCN(Cc1cn2ccccc2n1)c1ccc(N)cc1. The summed E-state index contributed by atoms with van der Waals surface area (Å²) in [4.78, 5) is 7.01. The van der Waals surface area contributed by atoms with Gasteiger partial charge < -0.3 is 15.0 Å². The Bertz CT molecular complexity index is 682. The fraction of sp³-hybridized carbons (Fsp3) is 0.235. The first kappa shape index (κ1) is 13.5. The molecule has 0 spiro atoms. The minimum Gasteiger partial charge on any atom is -0.399 e. The summed E-state index contributed by atoms with van der Waals surface area (Å²) in [6.07, 6.45) is 5.21. The minimum atomic E-state index is 0.794. The highest BCUT2D eigenvalue weighted by atomic mass is 15.1. The molecule has 0 saturated carbocycles. The molecule has 2 aromatic heterocycles. The first-order valence-electron chi connectivity index (χ1n) is 7.29. The van der Waals surface area contributed by atoms with Crippen molar-refractivity contribution in [3.63, 3.8) is 0 Å². The molecule has 2 heterocycles. The minimum absolute atomic E-state index is 0.794. The third-order valence-electron chi connectivity index (χ3n) is 3.52. The maximum absolute atomic E-state index is 5.77. The van der Waals surface area contributed by atoms with Gasteiger partial charge >= 0.3 is 0 Å². The van der Waals surface area contributed by atoms with Crippen LogP contribution in [-0.2, 0) is 6.54 Å². The average molecular weight is 280 g/mol. The van der Waals surface area contributed by atoms with E-state index in [0.717, 1.165) is 36.5 Å². The quantitative estimate of drug-likeness (QED) is 0.729. The van der Waals surface area contributed by atoms with Gasteiger partial charge in [0.05, 0.1) is 12.2 Å². The number of benzene rings is 1. The van der Waals surface area contributed by atoms with Crippen LogP contribution in [0.4, 0.5) is 11.4 Å². The number of anilines is 2. The molecule has 0 aliphatic rings. The number of hydrogen-bond donors (Lipinski definition) is 1. The molecule has 0 aliphatic heterocycles. The largest absolute Gasteiger partial charge is 0.399 e. The zero-order chi connectivity index (χ0) is 14.7. The van der Waals surface area contributed by atoms with Crippen LogP contribution in [0.2, 0.25) is 0 Å². The van der Waals surface area contributed by atoms with Crippen LogP contribution in [-0.4, -0.2) is 15.9 Å². The van der Waals surface area contributed by atoms with Gasteiger partial charge in [0.1, 0.15) is 5.65 Å². The summed E-state index contributed by atoms with van der Waals surface area (Å²) >= 11 is 0. The topological polar surface area (TPSA) is 46.6 Å². The predicted octanol–water partition coefficient (Wildman–Crippen LogP) is 3.33. The molecule has 4 heteroatoms. The van der Waals surface area contributed by atoms with Crippen LogP contribution in [0.5, 0.6) is 0 Å². The molecule has 2 N–H and O–H groups in total. The van der Waals surface area contributed by atoms with Gasteiger partial charge in [-0.25, -0.2) is 4.98 Å². The average Bonchev–Trinajstić information content (AvgIpc) is 2.90. The Balaban J connectivity index is 1.85. The molecule has 0 unspecified atom stereocenters. The molecule has 0 atom stereocenters. The van der Waals surface area contributed by atoms with E-state index in [-0.39, 0.29) is 0 Å². The molecule has 3 rings (SSSR count). The lowest BCUT2D eigenvalue weighted by atomic mass is 10.2. The van der Waals surface area contributed by atoms with Crippen LogP contribution in [0.1, 0.15) is 19.0 Å². The van der Waals surface area contributed by atoms with Crippen molar-refractivity contribution in [3.05, 3.63) is 60.6 Å². The lowest BCUT2D eigenvalue weighted by Crippen LogP contribution is -2.23. The van der Waals surface area contributed by atoms with Crippen molar-refractivity contribution >= 4 is 17.0 Å². The molecular formula is C17H20N4. The summed E-state index contributed by atoms with van der Waals surface area (Å²) in [6.45, 7) is 3.99. The number of hydrogen-bond acceptors (Lipinski definition) is 3. The summed E-state index contributed by atoms with van der Waals surface area (Å²) in [6, 6.07) is 14.1. The molecule has 1 aromatic carbocycles. The van der Waals surface area contributed by atoms with E-state index in [0.29, 0.717) is 0 Å². The maximum atomic E-state index is 5.77. The van der Waals surface area contributed by atoms with Crippen LogP contribution >= 0.6 is 0 Å². The third-order valence-corrected chi connectivity index (χ3v) is 3.52. The smallest absolute Gasteiger partial charge is 0.137 e. The van der Waals surface area contributed by atoms with Crippen LogP contribution in [0.25, 0.3) is 5.65 Å². The lowest BCUT2D eigenvalue weighted by molar-refractivity contribution is 0.757. The van der Waals surface area contributed by atoms with E-state index in [2.05, 4.69) is 39.5 Å². The van der Waals surface area contributed by atoms with Gasteiger partial charge in [0.2, 0.25) is 0 Å². The highest BCUT2D eigenvalue weighted by Crippen LogP contribution is 2.19. The van der Waals surface area contributed by atoms with Crippen molar-refractivity contribution in [1.82, 2.24) is 9.38 Å². The Morgan fingerprint density at radius 1 is 1.14 bits per heavy atom. The highest BCUT2D eigenvalue weighted by Gasteiger charge is 2.09. The molecule has 0 amide bonds. The molecule has 0 fully saturated rings. The molecule has 0 aliphatic carbocycles. The number of fused-ring (bicyclic) bond motifs is 1. The standard InChI is InChI=1S/C17H20N4/c1-2-10-20(16-8-6-14(18)7-9-16)12-15-13-21-11-4-3-5-17(21)19-15/h3-9,11,13H,2,10,12,18H2,1H3. The normalized spacial score (nSPS) is 10.9. The summed E-state index contributed by atoms with van der Waals surface area (Å²) in [5, 5.41) is 0. The Morgan fingerprint density at radius 2 is 1.95 bits per heavy atom. The first-order chi connectivity index (χ1) is 10.3. The fourth-order valence-electron chi connectivity index (χ4n) is 2.51. The maximum Gasteiger partial charge on any atom is 0.137 e. The highest BCUT2D eigenvalue weighted by molar-refractivity contribution is 5.53. The number of imidazole rings is 1. The zero-order valence-electron chi connectivity index (χ0n) is 12.2. The molecule has 21 heavy (non-hydrogen) atoms. The van der Waals surface area contributed by atoms with Crippen molar-refractivity contribution in [1.29, 1.82) is 0 Å². The Hall–Kier alpha value is -2.49. The Kier molecular flexibility index (Phi) is 3.77. The lowest BCUT2D eigenvalue weighted by Gasteiger charge is -2.23. The second kappa shape index (κ2) is 5.87. The molecule has 108 valence electrons. The van der Waals surface area contributed by atoms with Gasteiger partial charge in [-0.15, -0.1) is 0 Å². The van der Waals surface area contributed by atoms with Crippen LogP contribution in [0.3, 0.4) is 0 Å². The number of pyridine rings is 1. The van der Waals surface area contributed by atoms with Gasteiger partial charge in [0.15, 0.2) is 0 Å². The zero-order valence-corrected chi connectivity index (χ0v) is 12.2. The number of nitrogen functional groups attached to an aromatic ring is 1. The van der Waals surface area contributed by atoms with Crippen molar-refractivity contribution < 1.29 is 0 Å². The van der Waals surface area contributed by atoms with Crippen LogP contribution in [0, 0.1) is 0 Å². The van der Waals surface area contributed by atoms with Gasteiger partial charge in [-0.3, -0.25) is 0 Å². The number of nitrogens with two attached hydrogens (primary N) is 1. The third kappa shape index (κ3) is 2.99. The molecular weight excluding hydrogens is 260 g/mol. The number of aromatic nitrogens is 2. The first-order valence-corrected chi connectivity index (χ1v) is 7.29. The Morgan fingerprint density at radius 3 is 2.67 bits per heavy atom. The van der Waals surface area contributed by atoms with Gasteiger partial charge in [0.25, 0.3) is 0 Å². The van der Waals surface area contributed by atoms with E-state index in [4.69, 9.17) is 5.73 Å². The van der Waals surface area contributed by atoms with Crippen molar-refractivity contribution in [2.75, 3.05) is 17.2 Å². The second-order valence-corrected chi connectivity index (χ2v) is 5.21. The molecule has 4 nitrogen and oxygen atoms in total. The Labute approximate surface area is 124 Å². The van der Waals surface area contributed by atoms with Gasteiger partial charge in [-0.1, -0.05) is 13.0 Å². The summed E-state index contributed by atoms with van der Waals surface area (Å²) < 4.78 is 2.06. The molecule has 0 bridgehead atoms. The number of nitrogens with zero attached hydrogens (tertiary/aromatic N) is 3. The van der Waals surface area contributed by atoms with E-state index >= 15 is 0 Å².